The van der Waals surface area contributed by atoms with Gasteiger partial charge in [0.1, 0.15) is 18.9 Å². The highest BCUT2D eigenvalue weighted by atomic mass is 16.5. The number of nitrogens with zero attached hydrogens (tertiary/aromatic N) is 1. The zero-order chi connectivity index (χ0) is 33.2. The van der Waals surface area contributed by atoms with E-state index in [4.69, 9.17) is 10.5 Å². The van der Waals surface area contributed by atoms with Crippen molar-refractivity contribution in [1.82, 2.24) is 5.32 Å². The van der Waals surface area contributed by atoms with Crippen LogP contribution in [0.3, 0.4) is 0 Å². The van der Waals surface area contributed by atoms with Crippen molar-refractivity contribution in [1.29, 1.82) is 0 Å². The summed E-state index contributed by atoms with van der Waals surface area (Å²) < 4.78 is 8.73. The Hall–Kier alpha value is -4.68. The zero-order valence-electron chi connectivity index (χ0n) is 28.3. The topological polar surface area (TPSA) is 79.4 Å². The lowest BCUT2D eigenvalue weighted by atomic mass is 9.81. The summed E-state index contributed by atoms with van der Waals surface area (Å²) in [5, 5.41) is 6.45. The number of amides is 1. The first-order chi connectivity index (χ1) is 22.8. The lowest BCUT2D eigenvalue weighted by Gasteiger charge is -2.17. The number of nitrogens with one attached hydrogen (secondary N) is 2. The van der Waals surface area contributed by atoms with Crippen LogP contribution in [0.25, 0.3) is 6.08 Å². The lowest BCUT2D eigenvalue weighted by molar-refractivity contribution is -0.438. The van der Waals surface area contributed by atoms with Crippen molar-refractivity contribution in [3.8, 4) is 5.75 Å². The van der Waals surface area contributed by atoms with Gasteiger partial charge in [0.2, 0.25) is 11.6 Å². The number of anilines is 2. The summed E-state index contributed by atoms with van der Waals surface area (Å²) in [5.74, 6) is 1.03. The molecule has 0 radical (unpaired) electrons. The third kappa shape index (κ3) is 8.57. The normalized spacial score (nSPS) is 13.6. The molecule has 4 N–H and O–H groups in total. The Bertz CT molecular complexity index is 1700. The predicted octanol–water partition coefficient (Wildman–Crippen LogP) is 8.35. The first-order valence-corrected chi connectivity index (χ1v) is 16.8. The molecule has 0 saturated carbocycles. The highest BCUT2D eigenvalue weighted by Crippen LogP contribution is 2.42. The number of unbranched alkanes of at least 4 members (excludes halogenated alkanes) is 2. The highest BCUT2D eigenvalue weighted by Gasteiger charge is 2.44. The molecule has 0 bridgehead atoms. The summed E-state index contributed by atoms with van der Waals surface area (Å²) >= 11 is 0. The van der Waals surface area contributed by atoms with Gasteiger partial charge >= 0.3 is 0 Å². The Morgan fingerprint density at radius 3 is 2.26 bits per heavy atom. The third-order valence-electron chi connectivity index (χ3n) is 8.85. The van der Waals surface area contributed by atoms with Gasteiger partial charge in [-0.3, -0.25) is 4.79 Å². The van der Waals surface area contributed by atoms with Crippen molar-refractivity contribution in [2.75, 3.05) is 25.0 Å². The van der Waals surface area contributed by atoms with Crippen molar-refractivity contribution in [3.63, 3.8) is 0 Å². The molecule has 47 heavy (non-hydrogen) atoms. The van der Waals surface area contributed by atoms with Gasteiger partial charge in [0.05, 0.1) is 5.41 Å². The second-order valence-electron chi connectivity index (χ2n) is 12.9. The van der Waals surface area contributed by atoms with Crippen LogP contribution in [0.5, 0.6) is 5.75 Å². The number of hydrogen-bond donors (Lipinski definition) is 3. The van der Waals surface area contributed by atoms with E-state index in [-0.39, 0.29) is 11.3 Å². The summed E-state index contributed by atoms with van der Waals surface area (Å²) in [4.78, 5) is 12.1. The molecular weight excluding hydrogens is 580 g/mol. The van der Waals surface area contributed by atoms with Crippen molar-refractivity contribution in [2.24, 2.45) is 5.73 Å². The smallest absolute Gasteiger partial charge is 0.220 e. The van der Waals surface area contributed by atoms with Crippen LogP contribution in [0.1, 0.15) is 67.3 Å². The molecule has 0 fully saturated rings. The summed E-state index contributed by atoms with van der Waals surface area (Å²) in [7, 11) is 0. The van der Waals surface area contributed by atoms with Gasteiger partial charge in [-0.05, 0) is 105 Å². The van der Waals surface area contributed by atoms with Gasteiger partial charge in [0.25, 0.3) is 0 Å². The summed E-state index contributed by atoms with van der Waals surface area (Å²) in [6.45, 7) is 11.3. The monoisotopic (exact) mass is 629 g/mol. The van der Waals surface area contributed by atoms with Gasteiger partial charge in [-0.25, -0.2) is 0 Å². The van der Waals surface area contributed by atoms with E-state index in [0.717, 1.165) is 65.2 Å². The highest BCUT2D eigenvalue weighted by molar-refractivity contribution is 6.05. The van der Waals surface area contributed by atoms with Crippen LogP contribution in [-0.4, -0.2) is 35.8 Å². The van der Waals surface area contributed by atoms with Gasteiger partial charge in [-0.15, -0.1) is 0 Å². The van der Waals surface area contributed by atoms with Crippen LogP contribution in [0.4, 0.5) is 17.1 Å². The molecule has 1 aliphatic heterocycles. The van der Waals surface area contributed by atoms with Crippen LogP contribution in [0, 0.1) is 13.8 Å². The number of nitrogens with two attached hydrogens (primary N) is 1. The summed E-state index contributed by atoms with van der Waals surface area (Å²) in [6.07, 6.45) is 7.91. The second kappa shape index (κ2) is 15.7. The number of aryl methyl sites for hydroxylation is 2. The van der Waals surface area contributed by atoms with Gasteiger partial charge in [-0.1, -0.05) is 48.5 Å². The maximum Gasteiger partial charge on any atom is 0.220 e. The lowest BCUT2D eigenvalue weighted by Crippen LogP contribution is -2.28. The third-order valence-corrected chi connectivity index (χ3v) is 8.85. The minimum Gasteiger partial charge on any atom is -0.488 e. The van der Waals surface area contributed by atoms with Crippen LogP contribution in [-0.2, 0) is 16.8 Å². The van der Waals surface area contributed by atoms with E-state index >= 15 is 0 Å². The number of carbonyl (C=O) groups is 1. The molecule has 0 saturated heterocycles. The van der Waals surface area contributed by atoms with Crippen LogP contribution in [0.2, 0.25) is 0 Å². The molecule has 0 unspecified atom stereocenters. The van der Waals surface area contributed by atoms with Crippen molar-refractivity contribution in [2.45, 2.75) is 65.4 Å². The Morgan fingerprint density at radius 1 is 0.851 bits per heavy atom. The molecular formula is C41H49N4O2+. The standard InChI is InChI=1S/C41H48N4O2/c1-30-26-33(27-31(2)40(30)47-29-32-14-8-5-9-15-32)19-22-38-41(3,4)36-28-35(44-34-16-10-6-11-17-34)20-21-37(36)45(38)25-13-7-12-18-39(46)43-24-23-42/h5-6,8-11,14-17,19-22,26-28,44H,7,12-13,18,23-25,29,42H2,1-4H3/p+1/b22-19+. The predicted molar refractivity (Wildman–Crippen MR) is 195 cm³/mol. The molecule has 0 spiro atoms. The number of hydrogen-bond acceptors (Lipinski definition) is 4. The molecule has 6 nitrogen and oxygen atoms in total. The number of carbonyl (C=O) groups excluding carboxylic acids is 1. The minimum absolute atomic E-state index is 0.0822. The fraction of sp³-hybridized carbons (Fsp3) is 0.317. The van der Waals surface area contributed by atoms with Gasteiger partial charge < -0.3 is 21.1 Å². The maximum atomic E-state index is 12.1. The van der Waals surface area contributed by atoms with E-state index in [1.54, 1.807) is 0 Å². The quantitative estimate of drug-likeness (QED) is 0.0912. The van der Waals surface area contributed by atoms with Crippen molar-refractivity contribution >= 4 is 34.8 Å². The van der Waals surface area contributed by atoms with Crippen LogP contribution < -0.4 is 21.1 Å². The van der Waals surface area contributed by atoms with E-state index in [2.05, 4.69) is 110 Å². The average molecular weight is 630 g/mol. The fourth-order valence-corrected chi connectivity index (χ4v) is 6.43. The maximum absolute atomic E-state index is 12.1. The number of fused-ring (bicyclic) bond motifs is 1. The Kier molecular flexibility index (Phi) is 11.3. The molecule has 6 heteroatoms. The molecule has 0 aliphatic carbocycles. The minimum atomic E-state index is -0.203. The molecule has 5 rings (SSSR count). The van der Waals surface area contributed by atoms with E-state index in [9.17, 15) is 4.79 Å². The number of para-hydroxylation sites is 1. The van der Waals surface area contributed by atoms with E-state index in [1.807, 2.05) is 36.4 Å². The first kappa shape index (κ1) is 33.7. The Morgan fingerprint density at radius 2 is 1.55 bits per heavy atom. The van der Waals surface area contributed by atoms with Crippen molar-refractivity contribution < 1.29 is 14.1 Å². The number of rotatable bonds is 15. The molecule has 244 valence electrons. The molecule has 1 aliphatic rings. The van der Waals surface area contributed by atoms with E-state index < -0.39 is 0 Å². The van der Waals surface area contributed by atoms with Gasteiger partial charge in [-0.2, -0.15) is 4.58 Å². The van der Waals surface area contributed by atoms with Crippen LogP contribution >= 0.6 is 0 Å². The zero-order valence-corrected chi connectivity index (χ0v) is 28.3. The van der Waals surface area contributed by atoms with Gasteiger partial charge in [0.15, 0.2) is 5.71 Å². The summed E-state index contributed by atoms with van der Waals surface area (Å²) in [5.41, 5.74) is 15.8. The van der Waals surface area contributed by atoms with E-state index in [1.165, 1.54) is 17.0 Å². The molecule has 1 heterocycles. The van der Waals surface area contributed by atoms with E-state index in [0.29, 0.717) is 26.1 Å². The second-order valence-corrected chi connectivity index (χ2v) is 12.9. The Balaban J connectivity index is 1.37. The Labute approximate surface area is 280 Å². The fourth-order valence-electron chi connectivity index (χ4n) is 6.43. The number of benzene rings is 4. The first-order valence-electron chi connectivity index (χ1n) is 16.8. The number of ether oxygens (including phenoxy) is 1. The van der Waals surface area contributed by atoms with Crippen LogP contribution in [0.15, 0.2) is 97.1 Å². The van der Waals surface area contributed by atoms with Crippen molar-refractivity contribution in [3.05, 3.63) is 125 Å². The van der Waals surface area contributed by atoms with Gasteiger partial charge in [0, 0.05) is 55.0 Å². The molecule has 4 aromatic rings. The average Bonchev–Trinajstić information content (AvgIpc) is 3.27. The molecule has 1 amide bonds. The number of allylic oxidation sites excluding steroid dienone is 1. The SMILES string of the molecule is Cc1cc(/C=C/C2=[N+](CCCCCC(=O)NCCN)c3ccc(Nc4ccccc4)cc3C2(C)C)cc(C)c1OCc1ccccc1. The summed E-state index contributed by atoms with van der Waals surface area (Å²) in [6, 6.07) is 31.7. The molecule has 4 aromatic carbocycles. The largest absolute Gasteiger partial charge is 0.488 e. The molecule has 0 aromatic heterocycles. The molecule has 0 atom stereocenters.